The zero-order chi connectivity index (χ0) is 24.2. The van der Waals surface area contributed by atoms with Crippen molar-refractivity contribution in [1.82, 2.24) is 10.2 Å². The number of hydrogen-bond acceptors (Lipinski definition) is 5. The van der Waals surface area contributed by atoms with Crippen LogP contribution in [0.1, 0.15) is 20.0 Å². The van der Waals surface area contributed by atoms with Crippen LogP contribution in [-0.4, -0.2) is 48.0 Å². The van der Waals surface area contributed by atoms with Gasteiger partial charge < -0.3 is 15.1 Å². The first-order chi connectivity index (χ1) is 16.3. The van der Waals surface area contributed by atoms with Crippen molar-refractivity contribution in [3.63, 3.8) is 0 Å². The van der Waals surface area contributed by atoms with Crippen molar-refractivity contribution in [2.75, 3.05) is 36.4 Å². The average molecular weight is 554 g/mol. The number of anilines is 2. The number of halogens is 3. The van der Waals surface area contributed by atoms with E-state index in [1.165, 1.54) is 17.4 Å². The lowest BCUT2D eigenvalue weighted by Gasteiger charge is -2.36. The SMILES string of the molecule is O=C(NC(=S)Nc1ccc(N2CCN(C(=O)c3cccs3)CC2)c(Cl)c1)c1ccc(Cl)c(Cl)c1. The van der Waals surface area contributed by atoms with Crippen molar-refractivity contribution in [2.24, 2.45) is 0 Å². The van der Waals surface area contributed by atoms with E-state index in [-0.39, 0.29) is 16.0 Å². The first-order valence-corrected chi connectivity index (χ1v) is 12.7. The van der Waals surface area contributed by atoms with Crippen molar-refractivity contribution in [2.45, 2.75) is 0 Å². The molecule has 1 fully saturated rings. The number of piperazine rings is 1. The van der Waals surface area contributed by atoms with E-state index in [4.69, 9.17) is 47.0 Å². The van der Waals surface area contributed by atoms with E-state index >= 15 is 0 Å². The molecule has 0 spiro atoms. The average Bonchev–Trinajstić information content (AvgIpc) is 3.35. The van der Waals surface area contributed by atoms with Crippen LogP contribution in [0.3, 0.4) is 0 Å². The van der Waals surface area contributed by atoms with Crippen LogP contribution in [0.15, 0.2) is 53.9 Å². The second kappa shape index (κ2) is 10.9. The molecule has 0 bridgehead atoms. The highest BCUT2D eigenvalue weighted by Crippen LogP contribution is 2.30. The monoisotopic (exact) mass is 552 g/mol. The summed E-state index contributed by atoms with van der Waals surface area (Å²) in [5.74, 6) is -0.342. The molecule has 2 aromatic carbocycles. The van der Waals surface area contributed by atoms with Crippen molar-refractivity contribution in [3.05, 3.63) is 79.4 Å². The van der Waals surface area contributed by atoms with Crippen molar-refractivity contribution < 1.29 is 9.59 Å². The molecule has 0 atom stereocenters. The quantitative estimate of drug-likeness (QED) is 0.400. The lowest BCUT2D eigenvalue weighted by Crippen LogP contribution is -2.48. The van der Waals surface area contributed by atoms with E-state index in [1.807, 2.05) is 34.5 Å². The first-order valence-electron chi connectivity index (χ1n) is 10.3. The van der Waals surface area contributed by atoms with Crippen molar-refractivity contribution in [1.29, 1.82) is 0 Å². The molecule has 11 heteroatoms. The Morgan fingerprint density at radius 1 is 0.912 bits per heavy atom. The lowest BCUT2D eigenvalue weighted by molar-refractivity contribution is 0.0751. The number of nitrogens with zero attached hydrogens (tertiary/aromatic N) is 2. The van der Waals surface area contributed by atoms with Crippen LogP contribution >= 0.6 is 58.4 Å². The van der Waals surface area contributed by atoms with Gasteiger partial charge in [-0.25, -0.2) is 0 Å². The summed E-state index contributed by atoms with van der Waals surface area (Å²) in [7, 11) is 0. The third kappa shape index (κ3) is 5.82. The summed E-state index contributed by atoms with van der Waals surface area (Å²) in [6, 6.07) is 13.8. The molecule has 0 aliphatic carbocycles. The smallest absolute Gasteiger partial charge is 0.264 e. The number of rotatable bonds is 4. The molecular formula is C23H19Cl3N4O2S2. The molecule has 0 saturated carbocycles. The van der Waals surface area contributed by atoms with Crippen LogP contribution in [0.2, 0.25) is 15.1 Å². The molecule has 2 N–H and O–H groups in total. The fourth-order valence-corrected chi connectivity index (χ4v) is 5.02. The summed E-state index contributed by atoms with van der Waals surface area (Å²) >= 11 is 25.1. The van der Waals surface area contributed by atoms with Gasteiger partial charge in [-0.1, -0.05) is 40.9 Å². The number of carbonyl (C=O) groups excluding carboxylic acids is 2. The van der Waals surface area contributed by atoms with Gasteiger partial charge in [-0.2, -0.15) is 0 Å². The van der Waals surface area contributed by atoms with Gasteiger partial charge in [0.15, 0.2) is 5.11 Å². The zero-order valence-corrected chi connectivity index (χ0v) is 21.6. The second-order valence-corrected chi connectivity index (χ2v) is 10.0. The third-order valence-corrected chi connectivity index (χ3v) is 7.36. The molecule has 1 saturated heterocycles. The largest absolute Gasteiger partial charge is 0.367 e. The summed E-state index contributed by atoms with van der Waals surface area (Å²) in [6.07, 6.45) is 0. The Morgan fingerprint density at radius 3 is 2.32 bits per heavy atom. The highest BCUT2D eigenvalue weighted by atomic mass is 35.5. The van der Waals surface area contributed by atoms with Crippen LogP contribution in [0, 0.1) is 0 Å². The third-order valence-electron chi connectivity index (χ3n) is 5.25. The number of carbonyl (C=O) groups is 2. The molecule has 34 heavy (non-hydrogen) atoms. The Labute approximate surface area is 221 Å². The van der Waals surface area contributed by atoms with Gasteiger partial charge in [0, 0.05) is 37.4 Å². The normalized spacial score (nSPS) is 13.5. The molecule has 176 valence electrons. The molecule has 6 nitrogen and oxygen atoms in total. The minimum absolute atomic E-state index is 0.0664. The fourth-order valence-electron chi connectivity index (χ4n) is 3.52. The summed E-state index contributed by atoms with van der Waals surface area (Å²) in [4.78, 5) is 29.7. The molecule has 1 aliphatic rings. The number of amides is 2. The minimum atomic E-state index is -0.409. The van der Waals surface area contributed by atoms with Crippen LogP contribution in [-0.2, 0) is 0 Å². The van der Waals surface area contributed by atoms with Crippen LogP contribution < -0.4 is 15.5 Å². The topological polar surface area (TPSA) is 64.7 Å². The first kappa shape index (κ1) is 24.8. The van der Waals surface area contributed by atoms with Gasteiger partial charge in [0.25, 0.3) is 11.8 Å². The molecule has 3 aromatic rings. The number of thiocarbonyl (C=S) groups is 1. The predicted molar refractivity (Wildman–Crippen MR) is 144 cm³/mol. The standard InChI is InChI=1S/C23H19Cl3N4O2S2/c24-16-5-3-14(12-17(16)25)21(31)28-23(33)27-15-4-6-19(18(26)13-15)29-7-9-30(10-8-29)22(32)20-2-1-11-34-20/h1-6,11-13H,7-10H2,(H2,27,28,31,33). The molecule has 4 rings (SSSR count). The van der Waals surface area contributed by atoms with Gasteiger partial charge in [0.1, 0.15) is 0 Å². The summed E-state index contributed by atoms with van der Waals surface area (Å²) in [5.41, 5.74) is 1.85. The Balaban J connectivity index is 1.33. The second-order valence-electron chi connectivity index (χ2n) is 7.46. The molecule has 1 aromatic heterocycles. The molecule has 2 amide bonds. The predicted octanol–water partition coefficient (Wildman–Crippen LogP) is 5.80. The molecule has 0 radical (unpaired) electrons. The van der Waals surface area contributed by atoms with E-state index in [2.05, 4.69) is 15.5 Å². The van der Waals surface area contributed by atoms with Crippen LogP contribution in [0.4, 0.5) is 11.4 Å². The van der Waals surface area contributed by atoms with Crippen LogP contribution in [0.5, 0.6) is 0 Å². The van der Waals surface area contributed by atoms with E-state index in [0.29, 0.717) is 47.5 Å². The number of nitrogens with one attached hydrogen (secondary N) is 2. The van der Waals surface area contributed by atoms with Gasteiger partial charge in [0.05, 0.1) is 25.6 Å². The maximum absolute atomic E-state index is 12.5. The minimum Gasteiger partial charge on any atom is -0.367 e. The van der Waals surface area contributed by atoms with Crippen molar-refractivity contribution in [3.8, 4) is 0 Å². The summed E-state index contributed by atoms with van der Waals surface area (Å²) in [6.45, 7) is 2.61. The van der Waals surface area contributed by atoms with Gasteiger partial charge >= 0.3 is 0 Å². The van der Waals surface area contributed by atoms with E-state index in [1.54, 1.807) is 18.2 Å². The van der Waals surface area contributed by atoms with Crippen molar-refractivity contribution >= 4 is 86.7 Å². The Morgan fingerprint density at radius 2 is 1.68 bits per heavy atom. The van der Waals surface area contributed by atoms with E-state index in [0.717, 1.165) is 10.6 Å². The Bertz CT molecular complexity index is 1230. The molecular weight excluding hydrogens is 535 g/mol. The van der Waals surface area contributed by atoms with E-state index < -0.39 is 5.91 Å². The van der Waals surface area contributed by atoms with Gasteiger partial charge in [-0.05, 0) is 60.1 Å². The van der Waals surface area contributed by atoms with Gasteiger partial charge in [-0.3, -0.25) is 14.9 Å². The Kier molecular flexibility index (Phi) is 7.95. The number of thiophene rings is 1. The number of benzene rings is 2. The fraction of sp³-hybridized carbons (Fsp3) is 0.174. The van der Waals surface area contributed by atoms with Crippen LogP contribution in [0.25, 0.3) is 0 Å². The van der Waals surface area contributed by atoms with E-state index in [9.17, 15) is 9.59 Å². The highest BCUT2D eigenvalue weighted by Gasteiger charge is 2.24. The summed E-state index contributed by atoms with van der Waals surface area (Å²) < 4.78 is 0. The lowest BCUT2D eigenvalue weighted by atomic mass is 10.2. The summed E-state index contributed by atoms with van der Waals surface area (Å²) in [5, 5.41) is 8.79. The highest BCUT2D eigenvalue weighted by molar-refractivity contribution is 7.80. The molecule has 1 aliphatic heterocycles. The van der Waals surface area contributed by atoms with Gasteiger partial charge in [-0.15, -0.1) is 11.3 Å². The maximum atomic E-state index is 12.5. The zero-order valence-electron chi connectivity index (χ0n) is 17.7. The molecule has 2 heterocycles. The maximum Gasteiger partial charge on any atom is 0.264 e. The van der Waals surface area contributed by atoms with Gasteiger partial charge in [0.2, 0.25) is 0 Å². The molecule has 0 unspecified atom stereocenters. The Hall–Kier alpha value is -2.36. The number of hydrogen-bond donors (Lipinski definition) is 2.